The van der Waals surface area contributed by atoms with E-state index < -0.39 is 0 Å². The van der Waals surface area contributed by atoms with E-state index in [1.54, 1.807) is 4.68 Å². The lowest BCUT2D eigenvalue weighted by Crippen LogP contribution is -2.20. The van der Waals surface area contributed by atoms with Gasteiger partial charge in [0.1, 0.15) is 0 Å². The molecule has 0 N–H and O–H groups in total. The highest BCUT2D eigenvalue weighted by molar-refractivity contribution is 7.07. The van der Waals surface area contributed by atoms with E-state index >= 15 is 0 Å². The van der Waals surface area contributed by atoms with Crippen LogP contribution in [0, 0.1) is 13.8 Å². The van der Waals surface area contributed by atoms with E-state index in [0.717, 1.165) is 47.6 Å². The number of aromatic nitrogens is 3. The average Bonchev–Trinajstić information content (AvgIpc) is 3.15. The van der Waals surface area contributed by atoms with Gasteiger partial charge < -0.3 is 0 Å². The Bertz CT molecular complexity index is 1120. The summed E-state index contributed by atoms with van der Waals surface area (Å²) in [5.41, 5.74) is 4.17. The summed E-state index contributed by atoms with van der Waals surface area (Å²) in [6.07, 6.45) is 4.07. The molecular weight excluding hydrogens is 382 g/mol. The number of benzene rings is 1. The molecule has 29 heavy (non-hydrogen) atoms. The maximum Gasteiger partial charge on any atom is 0.297 e. The number of thiazole rings is 1. The van der Waals surface area contributed by atoms with Crippen LogP contribution in [0.1, 0.15) is 50.9 Å². The third-order valence-corrected chi connectivity index (χ3v) is 5.83. The second kappa shape index (κ2) is 9.22. The van der Waals surface area contributed by atoms with Crippen molar-refractivity contribution in [1.82, 2.24) is 14.0 Å². The van der Waals surface area contributed by atoms with Crippen molar-refractivity contribution in [2.75, 3.05) is 0 Å². The van der Waals surface area contributed by atoms with E-state index in [0.29, 0.717) is 5.69 Å². The summed E-state index contributed by atoms with van der Waals surface area (Å²) in [5.74, 6) is 0. The predicted octanol–water partition coefficient (Wildman–Crippen LogP) is 4.69. The fraction of sp³-hybridized carbons (Fsp3) is 0.409. The van der Waals surface area contributed by atoms with Gasteiger partial charge in [-0.15, -0.1) is 11.3 Å². The second-order valence-electron chi connectivity index (χ2n) is 7.16. The van der Waals surface area contributed by atoms with Gasteiger partial charge in [0.2, 0.25) is 4.80 Å². The third kappa shape index (κ3) is 4.34. The first-order valence-electron chi connectivity index (χ1n) is 10.1. The van der Waals surface area contributed by atoms with Gasteiger partial charge >= 0.3 is 0 Å². The van der Waals surface area contributed by atoms with Crippen molar-refractivity contribution < 1.29 is 0 Å². The first-order chi connectivity index (χ1) is 14.0. The standard InChI is InChI=1S/C22H29N5OS/c1-6-11-18(12-7-2)24-26-16(3)15-29-22(26)23-20-17(4)25(5)27(21(20)28)19-13-9-8-10-14-19/h8-10,13-15H,6-7,11-12H2,1-5H3. The first-order valence-corrected chi connectivity index (χ1v) is 11.0. The molecule has 0 unspecified atom stereocenters. The number of aryl methyl sites for hydroxylation is 1. The fourth-order valence-corrected chi connectivity index (χ4v) is 4.11. The molecule has 3 aromatic rings. The Balaban J connectivity index is 2.16. The summed E-state index contributed by atoms with van der Waals surface area (Å²) in [5, 5.41) is 6.91. The first kappa shape index (κ1) is 21.0. The number of hydrogen-bond acceptors (Lipinski definition) is 4. The molecule has 0 aliphatic rings. The van der Waals surface area contributed by atoms with Gasteiger partial charge in [-0.2, -0.15) is 5.10 Å². The monoisotopic (exact) mass is 411 g/mol. The van der Waals surface area contributed by atoms with Crippen molar-refractivity contribution in [3.8, 4) is 5.69 Å². The molecule has 0 amide bonds. The lowest BCUT2D eigenvalue weighted by Gasteiger charge is -2.07. The Morgan fingerprint density at radius 3 is 2.34 bits per heavy atom. The summed E-state index contributed by atoms with van der Waals surface area (Å²) < 4.78 is 5.38. The summed E-state index contributed by atoms with van der Waals surface area (Å²) in [7, 11) is 1.88. The number of rotatable bonds is 7. The molecule has 2 aromatic heterocycles. The van der Waals surface area contributed by atoms with Gasteiger partial charge in [-0.05, 0) is 38.8 Å². The van der Waals surface area contributed by atoms with Crippen LogP contribution >= 0.6 is 11.3 Å². The zero-order valence-electron chi connectivity index (χ0n) is 17.8. The molecule has 1 aromatic carbocycles. The maximum absolute atomic E-state index is 13.2. The molecule has 7 heteroatoms. The molecule has 0 spiro atoms. The van der Waals surface area contributed by atoms with E-state index in [9.17, 15) is 4.79 Å². The summed E-state index contributed by atoms with van der Waals surface area (Å²) >= 11 is 1.51. The molecule has 0 aliphatic heterocycles. The van der Waals surface area contributed by atoms with Gasteiger partial charge in [0.25, 0.3) is 5.56 Å². The van der Waals surface area contributed by atoms with Crippen LogP contribution in [0.4, 0.5) is 5.69 Å². The van der Waals surface area contributed by atoms with Gasteiger partial charge in [-0.1, -0.05) is 44.9 Å². The van der Waals surface area contributed by atoms with Crippen molar-refractivity contribution in [1.29, 1.82) is 0 Å². The van der Waals surface area contributed by atoms with Crippen LogP contribution in [0.5, 0.6) is 0 Å². The van der Waals surface area contributed by atoms with Crippen molar-refractivity contribution in [3.05, 3.63) is 62.3 Å². The zero-order chi connectivity index (χ0) is 21.0. The molecule has 6 nitrogen and oxygen atoms in total. The number of hydrogen-bond donors (Lipinski definition) is 0. The van der Waals surface area contributed by atoms with E-state index in [-0.39, 0.29) is 5.56 Å². The van der Waals surface area contributed by atoms with E-state index in [2.05, 4.69) is 13.8 Å². The molecule has 0 saturated heterocycles. The van der Waals surface area contributed by atoms with Crippen LogP contribution in [-0.2, 0) is 7.05 Å². The van der Waals surface area contributed by atoms with Crippen LogP contribution in [0.3, 0.4) is 0 Å². The summed E-state index contributed by atoms with van der Waals surface area (Å²) in [6.45, 7) is 8.28. The Labute approximate surface area is 175 Å². The van der Waals surface area contributed by atoms with Crippen LogP contribution < -0.4 is 10.4 Å². The molecule has 2 heterocycles. The second-order valence-corrected chi connectivity index (χ2v) is 8.00. The molecule has 0 radical (unpaired) electrons. The molecule has 0 saturated carbocycles. The highest BCUT2D eigenvalue weighted by Crippen LogP contribution is 2.16. The van der Waals surface area contributed by atoms with Crippen LogP contribution in [0.15, 0.2) is 50.6 Å². The van der Waals surface area contributed by atoms with E-state index in [1.807, 2.05) is 66.0 Å². The smallest absolute Gasteiger partial charge is 0.283 e. The SMILES string of the molecule is CCCC(CCC)=Nn1c(C)csc1=Nc1c(C)n(C)n(-c2ccccc2)c1=O. The molecule has 0 fully saturated rings. The van der Waals surface area contributed by atoms with Gasteiger partial charge in [0, 0.05) is 18.1 Å². The molecule has 154 valence electrons. The zero-order valence-corrected chi connectivity index (χ0v) is 18.7. The fourth-order valence-electron chi connectivity index (χ4n) is 3.31. The van der Waals surface area contributed by atoms with Crippen molar-refractivity contribution in [2.24, 2.45) is 17.1 Å². The Hall–Kier alpha value is -2.67. The lowest BCUT2D eigenvalue weighted by atomic mass is 10.1. The van der Waals surface area contributed by atoms with Crippen LogP contribution in [0.25, 0.3) is 5.69 Å². The minimum atomic E-state index is -0.125. The van der Waals surface area contributed by atoms with Crippen molar-refractivity contribution in [2.45, 2.75) is 53.4 Å². The number of para-hydroxylation sites is 1. The highest BCUT2D eigenvalue weighted by Gasteiger charge is 2.16. The maximum atomic E-state index is 13.2. The number of nitrogens with zero attached hydrogens (tertiary/aromatic N) is 5. The topological polar surface area (TPSA) is 56.6 Å². The van der Waals surface area contributed by atoms with Gasteiger partial charge in [-0.25, -0.2) is 14.4 Å². The van der Waals surface area contributed by atoms with E-state index in [4.69, 9.17) is 10.1 Å². The lowest BCUT2D eigenvalue weighted by molar-refractivity contribution is 0.630. The highest BCUT2D eigenvalue weighted by atomic mass is 32.1. The Morgan fingerprint density at radius 1 is 1.07 bits per heavy atom. The van der Waals surface area contributed by atoms with Crippen LogP contribution in [0.2, 0.25) is 0 Å². The molecular formula is C22H29N5OS. The van der Waals surface area contributed by atoms with Crippen LogP contribution in [-0.4, -0.2) is 19.8 Å². The molecule has 0 atom stereocenters. The summed E-state index contributed by atoms with van der Waals surface area (Å²) in [6, 6.07) is 9.64. The third-order valence-electron chi connectivity index (χ3n) is 4.90. The molecule has 0 bridgehead atoms. The molecule has 3 rings (SSSR count). The van der Waals surface area contributed by atoms with Crippen molar-refractivity contribution in [3.63, 3.8) is 0 Å². The van der Waals surface area contributed by atoms with E-state index in [1.165, 1.54) is 17.0 Å². The summed E-state index contributed by atoms with van der Waals surface area (Å²) in [4.78, 5) is 18.7. The quantitative estimate of drug-likeness (QED) is 0.520. The van der Waals surface area contributed by atoms with Gasteiger partial charge in [0.05, 0.1) is 17.1 Å². The average molecular weight is 412 g/mol. The minimum absolute atomic E-state index is 0.125. The van der Waals surface area contributed by atoms with Gasteiger partial charge in [-0.3, -0.25) is 9.48 Å². The minimum Gasteiger partial charge on any atom is -0.283 e. The predicted molar refractivity (Wildman–Crippen MR) is 121 cm³/mol. The normalized spacial score (nSPS) is 11.8. The van der Waals surface area contributed by atoms with Crippen molar-refractivity contribution >= 4 is 22.7 Å². The Morgan fingerprint density at radius 2 is 1.72 bits per heavy atom. The Kier molecular flexibility index (Phi) is 6.69. The molecule has 0 aliphatic carbocycles. The van der Waals surface area contributed by atoms with Gasteiger partial charge in [0.15, 0.2) is 5.69 Å². The largest absolute Gasteiger partial charge is 0.297 e.